The maximum atomic E-state index is 4.30. The minimum absolute atomic E-state index is 0.338. The quantitative estimate of drug-likeness (QED) is 0.832. The first kappa shape index (κ1) is 16.1. The van der Waals surface area contributed by atoms with Crippen LogP contribution in [0.4, 0.5) is 0 Å². The van der Waals surface area contributed by atoms with Gasteiger partial charge in [-0.3, -0.25) is 0 Å². The van der Waals surface area contributed by atoms with Gasteiger partial charge in [-0.1, -0.05) is 41.9 Å². The molecule has 0 saturated carbocycles. The van der Waals surface area contributed by atoms with E-state index >= 15 is 0 Å². The average Bonchev–Trinajstić information content (AvgIpc) is 2.83. The van der Waals surface area contributed by atoms with Crippen molar-refractivity contribution in [2.45, 2.75) is 26.2 Å². The molecule has 1 aromatic carbocycles. The summed E-state index contributed by atoms with van der Waals surface area (Å²) in [6, 6.07) is 8.43. The van der Waals surface area contributed by atoms with Gasteiger partial charge < -0.3 is 5.32 Å². The van der Waals surface area contributed by atoms with Gasteiger partial charge in [-0.05, 0) is 35.4 Å². The summed E-state index contributed by atoms with van der Waals surface area (Å²) in [4.78, 5) is 1.51. The fraction of sp³-hybridized carbons (Fsp3) is 0.533. The number of tetrazole rings is 1. The van der Waals surface area contributed by atoms with Crippen LogP contribution in [-0.4, -0.2) is 33.3 Å². The van der Waals surface area contributed by atoms with Crippen LogP contribution in [0.25, 0.3) is 0 Å². The van der Waals surface area contributed by atoms with Crippen LogP contribution in [0.1, 0.15) is 31.2 Å². The highest BCUT2D eigenvalue weighted by Gasteiger charge is 2.15. The third kappa shape index (κ3) is 5.21. The first-order valence-corrected chi connectivity index (χ1v) is 8.03. The van der Waals surface area contributed by atoms with E-state index in [-0.39, 0.29) is 0 Å². The van der Waals surface area contributed by atoms with E-state index < -0.39 is 0 Å². The maximum Gasteiger partial charge on any atom is 0.175 e. The highest BCUT2D eigenvalue weighted by molar-refractivity contribution is 9.10. The molecule has 1 aromatic heterocycles. The second-order valence-electron chi connectivity index (χ2n) is 5.70. The largest absolute Gasteiger partial charge is 0.316 e. The normalized spacial score (nSPS) is 12.8. The molecule has 0 spiro atoms. The van der Waals surface area contributed by atoms with Crippen molar-refractivity contribution < 1.29 is 0 Å². The number of nitrogens with zero attached hydrogens (tertiary/aromatic N) is 4. The molecule has 5 nitrogen and oxygen atoms in total. The minimum atomic E-state index is 0.338. The van der Waals surface area contributed by atoms with Gasteiger partial charge in [0, 0.05) is 23.4 Å². The summed E-state index contributed by atoms with van der Waals surface area (Å²) in [6.07, 6.45) is 0.787. The van der Waals surface area contributed by atoms with E-state index in [1.807, 2.05) is 6.07 Å². The van der Waals surface area contributed by atoms with Crippen LogP contribution < -0.4 is 5.32 Å². The molecular formula is C15H22BrN5. The molecular weight excluding hydrogens is 330 g/mol. The van der Waals surface area contributed by atoms with E-state index in [2.05, 4.69) is 68.7 Å². The molecule has 2 rings (SSSR count). The Morgan fingerprint density at radius 2 is 2.10 bits per heavy atom. The number of aromatic nitrogens is 4. The third-order valence-electron chi connectivity index (χ3n) is 3.24. The predicted molar refractivity (Wildman–Crippen MR) is 87.1 cm³/mol. The van der Waals surface area contributed by atoms with Crippen molar-refractivity contribution in [1.29, 1.82) is 0 Å². The first-order chi connectivity index (χ1) is 10.0. The fourth-order valence-electron chi connectivity index (χ4n) is 2.24. The molecule has 0 saturated heterocycles. The molecule has 1 unspecified atom stereocenters. The molecule has 0 amide bonds. The Morgan fingerprint density at radius 3 is 2.71 bits per heavy atom. The molecule has 0 radical (unpaired) electrons. The summed E-state index contributed by atoms with van der Waals surface area (Å²) in [5.74, 6) is 1.77. The predicted octanol–water partition coefficient (Wildman–Crippen LogP) is 2.54. The van der Waals surface area contributed by atoms with Gasteiger partial charge >= 0.3 is 0 Å². The molecule has 0 aliphatic carbocycles. The van der Waals surface area contributed by atoms with Crippen LogP contribution in [0.15, 0.2) is 28.7 Å². The lowest BCUT2D eigenvalue weighted by atomic mass is 9.95. The van der Waals surface area contributed by atoms with E-state index in [1.165, 1.54) is 10.4 Å². The first-order valence-electron chi connectivity index (χ1n) is 7.23. The minimum Gasteiger partial charge on any atom is -0.316 e. The summed E-state index contributed by atoms with van der Waals surface area (Å²) in [5.41, 5.74) is 1.29. The van der Waals surface area contributed by atoms with Crippen LogP contribution in [0.3, 0.4) is 0 Å². The summed E-state index contributed by atoms with van der Waals surface area (Å²) < 4.78 is 1.10. The summed E-state index contributed by atoms with van der Waals surface area (Å²) in [5, 5.41) is 15.9. The zero-order chi connectivity index (χ0) is 15.2. The molecule has 6 heteroatoms. The smallest absolute Gasteiger partial charge is 0.175 e. The van der Waals surface area contributed by atoms with E-state index in [4.69, 9.17) is 0 Å². The van der Waals surface area contributed by atoms with Crippen LogP contribution in [0.2, 0.25) is 0 Å². The van der Waals surface area contributed by atoms with Gasteiger partial charge in [-0.15, -0.1) is 10.2 Å². The van der Waals surface area contributed by atoms with Gasteiger partial charge in [-0.2, -0.15) is 4.80 Å². The molecule has 0 bridgehead atoms. The summed E-state index contributed by atoms with van der Waals surface area (Å²) in [6.45, 7) is 6.35. The van der Waals surface area contributed by atoms with Crippen molar-refractivity contribution in [1.82, 2.24) is 25.5 Å². The lowest BCUT2D eigenvalue weighted by Gasteiger charge is -2.18. The fourth-order valence-corrected chi connectivity index (χ4v) is 2.66. The SMILES string of the molecule is CC(C)CNCC(Cc1nnn(C)n1)c1cccc(Br)c1. The van der Waals surface area contributed by atoms with Gasteiger partial charge in [0.2, 0.25) is 0 Å². The topological polar surface area (TPSA) is 55.6 Å². The zero-order valence-corrected chi connectivity index (χ0v) is 14.3. The Hall–Kier alpha value is -1.27. The van der Waals surface area contributed by atoms with E-state index in [0.29, 0.717) is 11.8 Å². The summed E-state index contributed by atoms with van der Waals surface area (Å²) in [7, 11) is 1.79. The van der Waals surface area contributed by atoms with E-state index in [9.17, 15) is 0 Å². The molecule has 21 heavy (non-hydrogen) atoms. The van der Waals surface area contributed by atoms with Crippen molar-refractivity contribution in [3.05, 3.63) is 40.1 Å². The summed E-state index contributed by atoms with van der Waals surface area (Å²) >= 11 is 3.54. The number of halogens is 1. The number of aryl methyl sites for hydroxylation is 1. The van der Waals surface area contributed by atoms with Crippen LogP contribution in [0.5, 0.6) is 0 Å². The molecule has 1 heterocycles. The second kappa shape index (κ2) is 7.66. The standard InChI is InChI=1S/C15H22BrN5/c1-11(2)9-17-10-13(8-15-18-20-21(3)19-15)12-5-4-6-14(16)7-12/h4-7,11,13,17H,8-10H2,1-3H3. The van der Waals surface area contributed by atoms with Gasteiger partial charge in [0.15, 0.2) is 5.82 Å². The van der Waals surface area contributed by atoms with Crippen LogP contribution in [0, 0.1) is 5.92 Å². The Labute approximate surface area is 134 Å². The second-order valence-corrected chi connectivity index (χ2v) is 6.62. The van der Waals surface area contributed by atoms with Crippen LogP contribution in [-0.2, 0) is 13.5 Å². The number of hydrogen-bond donors (Lipinski definition) is 1. The Morgan fingerprint density at radius 1 is 1.29 bits per heavy atom. The van der Waals surface area contributed by atoms with E-state index in [0.717, 1.165) is 29.8 Å². The number of benzene rings is 1. The molecule has 1 atom stereocenters. The monoisotopic (exact) mass is 351 g/mol. The zero-order valence-electron chi connectivity index (χ0n) is 12.8. The van der Waals surface area contributed by atoms with Crippen molar-refractivity contribution in [3.63, 3.8) is 0 Å². The van der Waals surface area contributed by atoms with Crippen LogP contribution >= 0.6 is 15.9 Å². The van der Waals surface area contributed by atoms with Crippen molar-refractivity contribution in [3.8, 4) is 0 Å². The Kier molecular flexibility index (Phi) is 5.87. The van der Waals surface area contributed by atoms with Crippen molar-refractivity contribution in [2.24, 2.45) is 13.0 Å². The molecule has 2 aromatic rings. The molecule has 114 valence electrons. The van der Waals surface area contributed by atoms with Gasteiger partial charge in [0.05, 0.1) is 7.05 Å². The average molecular weight is 352 g/mol. The number of rotatable bonds is 7. The lowest BCUT2D eigenvalue weighted by molar-refractivity contribution is 0.509. The maximum absolute atomic E-state index is 4.30. The molecule has 0 fully saturated rings. The number of nitrogens with one attached hydrogen (secondary N) is 1. The van der Waals surface area contributed by atoms with Crippen molar-refractivity contribution in [2.75, 3.05) is 13.1 Å². The lowest BCUT2D eigenvalue weighted by Crippen LogP contribution is -2.26. The Balaban J connectivity index is 2.09. The molecule has 1 N–H and O–H groups in total. The Bertz CT molecular complexity index is 567. The molecule has 0 aliphatic rings. The van der Waals surface area contributed by atoms with Gasteiger partial charge in [0.1, 0.15) is 0 Å². The van der Waals surface area contributed by atoms with Gasteiger partial charge in [-0.25, -0.2) is 0 Å². The molecule has 0 aliphatic heterocycles. The number of hydrogen-bond acceptors (Lipinski definition) is 4. The highest BCUT2D eigenvalue weighted by Crippen LogP contribution is 2.22. The van der Waals surface area contributed by atoms with E-state index in [1.54, 1.807) is 7.05 Å². The third-order valence-corrected chi connectivity index (χ3v) is 3.74. The highest BCUT2D eigenvalue weighted by atomic mass is 79.9. The van der Waals surface area contributed by atoms with Gasteiger partial charge in [0.25, 0.3) is 0 Å². The van der Waals surface area contributed by atoms with Crippen molar-refractivity contribution >= 4 is 15.9 Å².